The second-order valence-corrected chi connectivity index (χ2v) is 5.61. The molecule has 3 rings (SSSR count). The Labute approximate surface area is 144 Å². The van der Waals surface area contributed by atoms with Gasteiger partial charge in [-0.05, 0) is 29.8 Å². The van der Waals surface area contributed by atoms with Crippen molar-refractivity contribution in [2.45, 2.75) is 6.54 Å². The third-order valence-corrected chi connectivity index (χ3v) is 3.53. The molecule has 0 fully saturated rings. The van der Waals surface area contributed by atoms with E-state index in [4.69, 9.17) is 16.3 Å². The van der Waals surface area contributed by atoms with E-state index in [9.17, 15) is 4.79 Å². The molecule has 0 radical (unpaired) electrons. The van der Waals surface area contributed by atoms with Gasteiger partial charge >= 0.3 is 0 Å². The monoisotopic (exact) mass is 341 g/mol. The molecule has 6 heteroatoms. The predicted octanol–water partition coefficient (Wildman–Crippen LogP) is 3.60. The van der Waals surface area contributed by atoms with Crippen molar-refractivity contribution in [3.8, 4) is 5.75 Å². The normalized spacial score (nSPS) is 10.4. The summed E-state index contributed by atoms with van der Waals surface area (Å²) in [4.78, 5) is 11.9. The van der Waals surface area contributed by atoms with Gasteiger partial charge in [0.1, 0.15) is 5.75 Å². The SMILES string of the molecule is O=C(COc1ccc(Cl)cc1)Nc1ccn(Cc2ccccc2)n1. The molecular formula is C18H16ClN3O2. The minimum absolute atomic E-state index is 0.0901. The molecule has 1 aromatic heterocycles. The van der Waals surface area contributed by atoms with Gasteiger partial charge in [-0.15, -0.1) is 0 Å². The summed E-state index contributed by atoms with van der Waals surface area (Å²) in [5.74, 6) is 0.815. The number of nitrogens with zero attached hydrogens (tertiary/aromatic N) is 2. The van der Waals surface area contributed by atoms with E-state index in [-0.39, 0.29) is 12.5 Å². The number of nitrogens with one attached hydrogen (secondary N) is 1. The van der Waals surface area contributed by atoms with Gasteiger partial charge in [0.15, 0.2) is 12.4 Å². The van der Waals surface area contributed by atoms with Crippen LogP contribution in [0.2, 0.25) is 5.02 Å². The van der Waals surface area contributed by atoms with Crippen molar-refractivity contribution in [1.29, 1.82) is 0 Å². The highest BCUT2D eigenvalue weighted by atomic mass is 35.5. The average molecular weight is 342 g/mol. The topological polar surface area (TPSA) is 56.1 Å². The van der Waals surface area contributed by atoms with E-state index < -0.39 is 0 Å². The van der Waals surface area contributed by atoms with Crippen molar-refractivity contribution in [3.05, 3.63) is 77.4 Å². The zero-order valence-corrected chi connectivity index (χ0v) is 13.6. The standard InChI is InChI=1S/C18H16ClN3O2/c19-15-6-8-16(9-7-15)24-13-18(23)20-17-10-11-22(21-17)12-14-4-2-1-3-5-14/h1-11H,12-13H2,(H,20,21,23). The number of hydrogen-bond donors (Lipinski definition) is 1. The molecule has 0 spiro atoms. The fourth-order valence-corrected chi connectivity index (χ4v) is 2.27. The fraction of sp³-hybridized carbons (Fsp3) is 0.111. The molecule has 5 nitrogen and oxygen atoms in total. The second kappa shape index (κ2) is 7.66. The molecule has 1 heterocycles. The van der Waals surface area contributed by atoms with Gasteiger partial charge in [-0.3, -0.25) is 9.48 Å². The Hall–Kier alpha value is -2.79. The summed E-state index contributed by atoms with van der Waals surface area (Å²) < 4.78 is 7.16. The summed E-state index contributed by atoms with van der Waals surface area (Å²) in [6.45, 7) is 0.561. The molecule has 0 unspecified atom stereocenters. The number of amides is 1. The molecule has 0 saturated heterocycles. The zero-order chi connectivity index (χ0) is 16.8. The van der Waals surface area contributed by atoms with Gasteiger partial charge in [0.05, 0.1) is 6.54 Å². The maximum Gasteiger partial charge on any atom is 0.263 e. The number of ether oxygens (including phenoxy) is 1. The molecule has 3 aromatic rings. The zero-order valence-electron chi connectivity index (χ0n) is 12.9. The molecule has 0 aliphatic carbocycles. The molecule has 122 valence electrons. The van der Waals surface area contributed by atoms with Crippen molar-refractivity contribution in [2.24, 2.45) is 0 Å². The van der Waals surface area contributed by atoms with Crippen molar-refractivity contribution < 1.29 is 9.53 Å². The third kappa shape index (κ3) is 4.60. The van der Waals surface area contributed by atoms with Gasteiger partial charge in [0, 0.05) is 17.3 Å². The molecule has 0 aliphatic heterocycles. The van der Waals surface area contributed by atoms with Crippen LogP contribution in [0.25, 0.3) is 0 Å². The number of carbonyl (C=O) groups is 1. The van der Waals surface area contributed by atoms with Gasteiger partial charge in [0.2, 0.25) is 0 Å². The molecule has 0 aliphatic rings. The highest BCUT2D eigenvalue weighted by molar-refractivity contribution is 6.30. The summed E-state index contributed by atoms with van der Waals surface area (Å²) in [5, 5.41) is 7.65. The first-order valence-electron chi connectivity index (χ1n) is 7.45. The Morgan fingerprint density at radius 1 is 1.08 bits per heavy atom. The lowest BCUT2D eigenvalue weighted by atomic mass is 10.2. The Balaban J connectivity index is 1.50. The van der Waals surface area contributed by atoms with Crippen LogP contribution in [0.4, 0.5) is 5.82 Å². The van der Waals surface area contributed by atoms with Crippen LogP contribution in [0.1, 0.15) is 5.56 Å². The maximum absolute atomic E-state index is 11.9. The van der Waals surface area contributed by atoms with Crippen LogP contribution in [0.5, 0.6) is 5.75 Å². The predicted molar refractivity (Wildman–Crippen MR) is 93.3 cm³/mol. The summed E-state index contributed by atoms with van der Waals surface area (Å²) in [6.07, 6.45) is 1.82. The van der Waals surface area contributed by atoms with Crippen LogP contribution >= 0.6 is 11.6 Å². The Morgan fingerprint density at radius 3 is 2.58 bits per heavy atom. The number of benzene rings is 2. The molecule has 0 saturated carbocycles. The van der Waals surface area contributed by atoms with Crippen LogP contribution in [-0.2, 0) is 11.3 Å². The smallest absolute Gasteiger partial charge is 0.263 e. The highest BCUT2D eigenvalue weighted by Gasteiger charge is 2.06. The molecule has 1 N–H and O–H groups in total. The lowest BCUT2D eigenvalue weighted by Gasteiger charge is -2.06. The van der Waals surface area contributed by atoms with Crippen molar-refractivity contribution in [1.82, 2.24) is 9.78 Å². The Morgan fingerprint density at radius 2 is 1.83 bits per heavy atom. The van der Waals surface area contributed by atoms with Gasteiger partial charge in [-0.2, -0.15) is 5.10 Å². The van der Waals surface area contributed by atoms with Gasteiger partial charge in [-0.1, -0.05) is 41.9 Å². The third-order valence-electron chi connectivity index (χ3n) is 3.28. The van der Waals surface area contributed by atoms with Crippen LogP contribution < -0.4 is 10.1 Å². The summed E-state index contributed by atoms with van der Waals surface area (Å²) >= 11 is 5.80. The molecular weight excluding hydrogens is 326 g/mol. The quantitative estimate of drug-likeness (QED) is 0.745. The summed E-state index contributed by atoms with van der Waals surface area (Å²) in [7, 11) is 0. The van der Waals surface area contributed by atoms with Gasteiger partial charge in [0.25, 0.3) is 5.91 Å². The van der Waals surface area contributed by atoms with Gasteiger partial charge in [-0.25, -0.2) is 0 Å². The number of rotatable bonds is 6. The summed E-state index contributed by atoms with van der Waals surface area (Å²) in [5.41, 5.74) is 1.14. The number of aromatic nitrogens is 2. The fourth-order valence-electron chi connectivity index (χ4n) is 2.15. The minimum atomic E-state index is -0.269. The molecule has 1 amide bonds. The number of anilines is 1. The highest BCUT2D eigenvalue weighted by Crippen LogP contribution is 2.15. The average Bonchev–Trinajstić information content (AvgIpc) is 3.02. The number of carbonyl (C=O) groups excluding carboxylic acids is 1. The van der Waals surface area contributed by atoms with E-state index in [0.29, 0.717) is 23.1 Å². The van der Waals surface area contributed by atoms with E-state index in [1.54, 1.807) is 35.0 Å². The van der Waals surface area contributed by atoms with Crippen molar-refractivity contribution in [3.63, 3.8) is 0 Å². The Bertz CT molecular complexity index is 801. The lowest BCUT2D eigenvalue weighted by molar-refractivity contribution is -0.118. The first-order chi connectivity index (χ1) is 11.7. The minimum Gasteiger partial charge on any atom is -0.484 e. The first kappa shape index (κ1) is 16.1. The second-order valence-electron chi connectivity index (χ2n) is 5.17. The van der Waals surface area contributed by atoms with Gasteiger partial charge < -0.3 is 10.1 Å². The molecule has 0 atom stereocenters. The molecule has 2 aromatic carbocycles. The number of hydrogen-bond acceptors (Lipinski definition) is 3. The van der Waals surface area contributed by atoms with E-state index in [2.05, 4.69) is 10.4 Å². The van der Waals surface area contributed by atoms with Crippen LogP contribution in [-0.4, -0.2) is 22.3 Å². The van der Waals surface area contributed by atoms with Crippen LogP contribution in [0.15, 0.2) is 66.9 Å². The molecule has 0 bridgehead atoms. The lowest BCUT2D eigenvalue weighted by Crippen LogP contribution is -2.20. The Kier molecular flexibility index (Phi) is 5.13. The van der Waals surface area contributed by atoms with E-state index in [1.165, 1.54) is 0 Å². The summed E-state index contributed by atoms with van der Waals surface area (Å²) in [6, 6.07) is 18.6. The first-order valence-corrected chi connectivity index (χ1v) is 7.82. The maximum atomic E-state index is 11.9. The number of halogens is 1. The van der Waals surface area contributed by atoms with E-state index in [0.717, 1.165) is 5.56 Å². The van der Waals surface area contributed by atoms with Crippen LogP contribution in [0, 0.1) is 0 Å². The van der Waals surface area contributed by atoms with E-state index >= 15 is 0 Å². The van der Waals surface area contributed by atoms with Crippen molar-refractivity contribution in [2.75, 3.05) is 11.9 Å². The molecule has 24 heavy (non-hydrogen) atoms. The van der Waals surface area contributed by atoms with E-state index in [1.807, 2.05) is 36.5 Å². The van der Waals surface area contributed by atoms with Crippen LogP contribution in [0.3, 0.4) is 0 Å². The largest absolute Gasteiger partial charge is 0.484 e. The van der Waals surface area contributed by atoms with Crippen molar-refractivity contribution >= 4 is 23.3 Å².